The highest BCUT2D eigenvalue weighted by Crippen LogP contribution is 2.08. The maximum absolute atomic E-state index is 10.5. The van der Waals surface area contributed by atoms with Crippen LogP contribution in [0, 0.1) is 6.92 Å². The first-order valence-electron chi connectivity index (χ1n) is 3.94. The first-order chi connectivity index (χ1) is 6.11. The highest BCUT2D eigenvalue weighted by molar-refractivity contribution is 5.91. The number of pyridine rings is 1. The molecule has 0 saturated heterocycles. The van der Waals surface area contributed by atoms with Gasteiger partial charge in [-0.05, 0) is 31.6 Å². The van der Waals surface area contributed by atoms with Crippen molar-refractivity contribution in [3.8, 4) is 0 Å². The molecule has 0 bridgehead atoms. The molecule has 68 valence electrons. The summed E-state index contributed by atoms with van der Waals surface area (Å²) >= 11 is 0. The van der Waals surface area contributed by atoms with Gasteiger partial charge in [0.25, 0.3) is 0 Å². The SMILES string of the molecule is CC(=Cc1ncccc1C)C(=O)O. The average molecular weight is 177 g/mol. The van der Waals surface area contributed by atoms with E-state index in [1.807, 2.05) is 19.1 Å². The lowest BCUT2D eigenvalue weighted by atomic mass is 10.1. The van der Waals surface area contributed by atoms with Gasteiger partial charge >= 0.3 is 5.97 Å². The minimum absolute atomic E-state index is 0.293. The Bertz CT molecular complexity index is 356. The third-order valence-corrected chi connectivity index (χ3v) is 1.74. The second-order valence-electron chi connectivity index (χ2n) is 2.84. The molecule has 0 aliphatic rings. The molecule has 0 aliphatic carbocycles. The van der Waals surface area contributed by atoms with Crippen molar-refractivity contribution in [2.45, 2.75) is 13.8 Å². The standard InChI is InChI=1S/C10H11NO2/c1-7-4-3-5-11-9(7)6-8(2)10(12)13/h3-6H,1-2H3,(H,12,13). The van der Waals surface area contributed by atoms with E-state index in [9.17, 15) is 4.79 Å². The zero-order valence-corrected chi connectivity index (χ0v) is 7.61. The summed E-state index contributed by atoms with van der Waals surface area (Å²) in [6, 6.07) is 3.72. The first kappa shape index (κ1) is 9.45. The molecule has 0 saturated carbocycles. The summed E-state index contributed by atoms with van der Waals surface area (Å²) in [5, 5.41) is 8.64. The van der Waals surface area contributed by atoms with E-state index >= 15 is 0 Å². The van der Waals surface area contributed by atoms with Gasteiger partial charge in [-0.25, -0.2) is 4.79 Å². The second-order valence-corrected chi connectivity index (χ2v) is 2.84. The lowest BCUT2D eigenvalue weighted by Crippen LogP contribution is -1.96. The molecule has 1 heterocycles. The number of carboxylic acids is 1. The average Bonchev–Trinajstić information content (AvgIpc) is 2.08. The summed E-state index contributed by atoms with van der Waals surface area (Å²) in [5.74, 6) is -0.912. The number of carbonyl (C=O) groups is 1. The Kier molecular flexibility index (Phi) is 2.80. The predicted octanol–water partition coefficient (Wildman–Crippen LogP) is 1.88. The Labute approximate surface area is 76.7 Å². The van der Waals surface area contributed by atoms with Crippen LogP contribution in [0.15, 0.2) is 23.9 Å². The summed E-state index contributed by atoms with van der Waals surface area (Å²) in [7, 11) is 0. The van der Waals surface area contributed by atoms with E-state index < -0.39 is 5.97 Å². The fourth-order valence-electron chi connectivity index (χ4n) is 0.916. The van der Waals surface area contributed by atoms with Gasteiger partial charge in [0.1, 0.15) is 0 Å². The van der Waals surface area contributed by atoms with Crippen LogP contribution < -0.4 is 0 Å². The van der Waals surface area contributed by atoms with E-state index in [0.29, 0.717) is 11.3 Å². The van der Waals surface area contributed by atoms with Crippen LogP contribution in [0.3, 0.4) is 0 Å². The molecule has 0 amide bonds. The van der Waals surface area contributed by atoms with Crippen molar-refractivity contribution in [1.29, 1.82) is 0 Å². The summed E-state index contributed by atoms with van der Waals surface area (Å²) in [6.45, 7) is 3.45. The molecule has 3 nitrogen and oxygen atoms in total. The second kappa shape index (κ2) is 3.85. The van der Waals surface area contributed by atoms with E-state index in [1.54, 1.807) is 19.2 Å². The fourth-order valence-corrected chi connectivity index (χ4v) is 0.916. The maximum atomic E-state index is 10.5. The van der Waals surface area contributed by atoms with Crippen molar-refractivity contribution in [2.24, 2.45) is 0 Å². The van der Waals surface area contributed by atoms with Crippen molar-refractivity contribution in [2.75, 3.05) is 0 Å². The first-order valence-corrected chi connectivity index (χ1v) is 3.94. The van der Waals surface area contributed by atoms with E-state index in [0.717, 1.165) is 5.56 Å². The Hall–Kier alpha value is -1.64. The number of aryl methyl sites for hydroxylation is 1. The quantitative estimate of drug-likeness (QED) is 0.701. The third-order valence-electron chi connectivity index (χ3n) is 1.74. The topological polar surface area (TPSA) is 50.2 Å². The number of rotatable bonds is 2. The van der Waals surface area contributed by atoms with Crippen LogP contribution in [0.1, 0.15) is 18.2 Å². The molecule has 0 aromatic carbocycles. The number of carboxylic acid groups (broad SMARTS) is 1. The van der Waals surface area contributed by atoms with E-state index in [-0.39, 0.29) is 0 Å². The number of aromatic nitrogens is 1. The van der Waals surface area contributed by atoms with E-state index in [1.165, 1.54) is 0 Å². The normalized spacial score (nSPS) is 11.4. The van der Waals surface area contributed by atoms with Crippen molar-refractivity contribution < 1.29 is 9.90 Å². The zero-order chi connectivity index (χ0) is 9.84. The lowest BCUT2D eigenvalue weighted by molar-refractivity contribution is -0.132. The molecule has 0 aliphatic heterocycles. The molecular formula is C10H11NO2. The fraction of sp³-hybridized carbons (Fsp3) is 0.200. The molecule has 0 atom stereocenters. The number of aliphatic carboxylic acids is 1. The van der Waals surface area contributed by atoms with Gasteiger partial charge in [0.15, 0.2) is 0 Å². The van der Waals surface area contributed by atoms with Gasteiger partial charge < -0.3 is 5.11 Å². The largest absolute Gasteiger partial charge is 0.478 e. The van der Waals surface area contributed by atoms with Crippen molar-refractivity contribution in [1.82, 2.24) is 4.98 Å². The summed E-state index contributed by atoms with van der Waals surface area (Å²) in [4.78, 5) is 14.6. The Morgan fingerprint density at radius 3 is 2.85 bits per heavy atom. The molecule has 13 heavy (non-hydrogen) atoms. The van der Waals surface area contributed by atoms with Crippen molar-refractivity contribution in [3.05, 3.63) is 35.2 Å². The lowest BCUT2D eigenvalue weighted by Gasteiger charge is -1.98. The van der Waals surface area contributed by atoms with Gasteiger partial charge in [-0.2, -0.15) is 0 Å². The van der Waals surface area contributed by atoms with E-state index in [2.05, 4.69) is 4.98 Å². The zero-order valence-electron chi connectivity index (χ0n) is 7.61. The Morgan fingerprint density at radius 1 is 1.62 bits per heavy atom. The van der Waals surface area contributed by atoms with E-state index in [4.69, 9.17) is 5.11 Å². The Morgan fingerprint density at radius 2 is 2.31 bits per heavy atom. The van der Waals surface area contributed by atoms with Crippen LogP contribution in [0.25, 0.3) is 6.08 Å². The van der Waals surface area contributed by atoms with Crippen LogP contribution in [0.4, 0.5) is 0 Å². The molecule has 3 heteroatoms. The smallest absolute Gasteiger partial charge is 0.331 e. The van der Waals surface area contributed by atoms with Gasteiger partial charge in [0.05, 0.1) is 5.69 Å². The summed E-state index contributed by atoms with van der Waals surface area (Å²) < 4.78 is 0. The molecule has 0 unspecified atom stereocenters. The molecule has 0 radical (unpaired) electrons. The predicted molar refractivity (Wildman–Crippen MR) is 50.3 cm³/mol. The van der Waals surface area contributed by atoms with Crippen molar-refractivity contribution in [3.63, 3.8) is 0 Å². The van der Waals surface area contributed by atoms with Crippen LogP contribution >= 0.6 is 0 Å². The van der Waals surface area contributed by atoms with Gasteiger partial charge in [0, 0.05) is 11.8 Å². The summed E-state index contributed by atoms with van der Waals surface area (Å²) in [6.07, 6.45) is 3.21. The molecule has 0 spiro atoms. The van der Waals surface area contributed by atoms with Gasteiger partial charge in [-0.1, -0.05) is 6.07 Å². The highest BCUT2D eigenvalue weighted by Gasteiger charge is 2.01. The Balaban J connectivity index is 3.04. The van der Waals surface area contributed by atoms with Crippen LogP contribution in [0.2, 0.25) is 0 Å². The van der Waals surface area contributed by atoms with Gasteiger partial charge in [-0.3, -0.25) is 4.98 Å². The van der Waals surface area contributed by atoms with Crippen LogP contribution in [0.5, 0.6) is 0 Å². The van der Waals surface area contributed by atoms with Crippen LogP contribution in [-0.4, -0.2) is 16.1 Å². The molecule has 1 N–H and O–H groups in total. The van der Waals surface area contributed by atoms with Crippen LogP contribution in [-0.2, 0) is 4.79 Å². The monoisotopic (exact) mass is 177 g/mol. The minimum atomic E-state index is -0.912. The minimum Gasteiger partial charge on any atom is -0.478 e. The molecule has 1 rings (SSSR count). The summed E-state index contributed by atoms with van der Waals surface area (Å²) in [5.41, 5.74) is 1.98. The van der Waals surface area contributed by atoms with Gasteiger partial charge in [-0.15, -0.1) is 0 Å². The molecule has 0 fully saturated rings. The maximum Gasteiger partial charge on any atom is 0.331 e. The highest BCUT2D eigenvalue weighted by atomic mass is 16.4. The number of hydrogen-bond donors (Lipinski definition) is 1. The van der Waals surface area contributed by atoms with Crippen molar-refractivity contribution >= 4 is 12.0 Å². The van der Waals surface area contributed by atoms with Gasteiger partial charge in [0.2, 0.25) is 0 Å². The third kappa shape index (κ3) is 2.40. The molecule has 1 aromatic rings. The number of hydrogen-bond acceptors (Lipinski definition) is 2. The number of nitrogens with zero attached hydrogens (tertiary/aromatic N) is 1. The molecule has 1 aromatic heterocycles. The molecular weight excluding hydrogens is 166 g/mol.